The first-order valence-corrected chi connectivity index (χ1v) is 7.89. The van der Waals surface area contributed by atoms with Gasteiger partial charge in [0.05, 0.1) is 17.7 Å². The minimum atomic E-state index is -5.25. The van der Waals surface area contributed by atoms with Gasteiger partial charge in [0.2, 0.25) is 0 Å². The summed E-state index contributed by atoms with van der Waals surface area (Å²) in [7, 11) is 0.772. The van der Waals surface area contributed by atoms with Gasteiger partial charge in [-0.2, -0.15) is 18.6 Å². The molecular weight excluding hydrogens is 387 g/mol. The molecule has 0 spiro atoms. The van der Waals surface area contributed by atoms with E-state index in [1.807, 2.05) is 5.43 Å². The molecular formula is C17H15ClF3N3O3. The number of carbonyl (C=O) groups excluding carboxylic acids is 2. The van der Waals surface area contributed by atoms with Gasteiger partial charge in [-0.3, -0.25) is 4.79 Å². The van der Waals surface area contributed by atoms with Crippen molar-refractivity contribution in [1.29, 1.82) is 0 Å². The number of nitrogens with one attached hydrogen (secondary N) is 3. The fourth-order valence-corrected chi connectivity index (χ4v) is 2.34. The molecule has 6 nitrogen and oxygen atoms in total. The first kappa shape index (κ1) is 20.5. The Bertz CT molecular complexity index is 818. The van der Waals surface area contributed by atoms with E-state index in [9.17, 15) is 22.8 Å². The van der Waals surface area contributed by atoms with Crippen molar-refractivity contribution in [3.05, 3.63) is 65.2 Å². The van der Waals surface area contributed by atoms with Crippen molar-refractivity contribution in [3.8, 4) is 0 Å². The van der Waals surface area contributed by atoms with Crippen molar-refractivity contribution in [1.82, 2.24) is 10.7 Å². The monoisotopic (exact) mass is 401 g/mol. The zero-order chi connectivity index (χ0) is 20.1. The van der Waals surface area contributed by atoms with E-state index in [0.717, 1.165) is 7.11 Å². The number of anilines is 1. The number of amides is 1. The Morgan fingerprint density at radius 3 is 2.15 bits per heavy atom. The van der Waals surface area contributed by atoms with Crippen molar-refractivity contribution in [3.63, 3.8) is 0 Å². The predicted octanol–water partition coefficient (Wildman–Crippen LogP) is 3.12. The molecule has 1 amide bonds. The number of carbonyl (C=O) groups is 2. The van der Waals surface area contributed by atoms with E-state index in [2.05, 4.69) is 10.2 Å². The average molecular weight is 402 g/mol. The Morgan fingerprint density at radius 2 is 1.59 bits per heavy atom. The highest BCUT2D eigenvalue weighted by Gasteiger charge is 2.63. The third-order valence-corrected chi connectivity index (χ3v) is 3.83. The van der Waals surface area contributed by atoms with Gasteiger partial charge in [0, 0.05) is 5.69 Å². The van der Waals surface area contributed by atoms with E-state index in [0.29, 0.717) is 0 Å². The number of methoxy groups -OCH3 is 1. The standard InChI is InChI=1S/C17H15ClF3N3O3/c1-27-15(26)16(17(19,20)21,24-23-11-7-3-2-4-8-11)22-14(25)12-9-5-6-10-13(12)18/h2-10,23-24H,1H3,(H,22,25)/t16-/m0/s1. The summed E-state index contributed by atoms with van der Waals surface area (Å²) in [4.78, 5) is 24.4. The second kappa shape index (κ2) is 8.28. The zero-order valence-corrected chi connectivity index (χ0v) is 14.7. The molecule has 3 N–H and O–H groups in total. The number of para-hydroxylation sites is 1. The van der Waals surface area contributed by atoms with Crippen LogP contribution < -0.4 is 16.2 Å². The number of hydrogen-bond donors (Lipinski definition) is 3. The molecule has 2 aromatic carbocycles. The molecule has 0 fully saturated rings. The number of ether oxygens (including phenoxy) is 1. The Kier molecular flexibility index (Phi) is 6.29. The zero-order valence-electron chi connectivity index (χ0n) is 13.9. The Balaban J connectivity index is 2.40. The summed E-state index contributed by atoms with van der Waals surface area (Å²) in [6.45, 7) is 0. The quantitative estimate of drug-likeness (QED) is 0.394. The molecule has 2 aromatic rings. The average Bonchev–Trinajstić information content (AvgIpc) is 2.64. The summed E-state index contributed by atoms with van der Waals surface area (Å²) in [5.74, 6) is -2.98. The first-order valence-electron chi connectivity index (χ1n) is 7.51. The minimum Gasteiger partial charge on any atom is -0.466 e. The highest BCUT2D eigenvalue weighted by molar-refractivity contribution is 6.33. The van der Waals surface area contributed by atoms with Crippen LogP contribution in [-0.4, -0.2) is 30.8 Å². The SMILES string of the molecule is COC(=O)[C@@](NNc1ccccc1)(NC(=O)c1ccccc1Cl)C(F)(F)F. The van der Waals surface area contributed by atoms with E-state index in [4.69, 9.17) is 11.6 Å². The summed E-state index contributed by atoms with van der Waals surface area (Å²) < 4.78 is 45.8. The van der Waals surface area contributed by atoms with Gasteiger partial charge in [0.1, 0.15) is 0 Å². The van der Waals surface area contributed by atoms with Crippen molar-refractivity contribution in [2.24, 2.45) is 0 Å². The molecule has 0 aromatic heterocycles. The minimum absolute atomic E-state index is 0.0769. The largest absolute Gasteiger partial charge is 0.466 e. The molecule has 0 heterocycles. The molecule has 2 rings (SSSR count). The van der Waals surface area contributed by atoms with Crippen molar-refractivity contribution in [2.75, 3.05) is 12.5 Å². The van der Waals surface area contributed by atoms with Crippen LogP contribution in [0, 0.1) is 0 Å². The number of esters is 1. The van der Waals surface area contributed by atoms with Gasteiger partial charge in [-0.1, -0.05) is 41.9 Å². The van der Waals surface area contributed by atoms with Crippen LogP contribution in [0.1, 0.15) is 10.4 Å². The lowest BCUT2D eigenvalue weighted by Crippen LogP contribution is -2.73. The Morgan fingerprint density at radius 1 is 1.00 bits per heavy atom. The van der Waals surface area contributed by atoms with Gasteiger partial charge >= 0.3 is 17.8 Å². The maximum Gasteiger partial charge on any atom is 0.438 e. The van der Waals surface area contributed by atoms with E-state index >= 15 is 0 Å². The van der Waals surface area contributed by atoms with E-state index in [-0.39, 0.29) is 16.3 Å². The molecule has 0 radical (unpaired) electrons. The number of alkyl halides is 3. The third-order valence-electron chi connectivity index (χ3n) is 3.50. The van der Waals surface area contributed by atoms with Gasteiger partial charge in [-0.05, 0) is 24.3 Å². The maximum absolute atomic E-state index is 13.8. The van der Waals surface area contributed by atoms with Crippen LogP contribution in [0.5, 0.6) is 0 Å². The van der Waals surface area contributed by atoms with Gasteiger partial charge < -0.3 is 15.5 Å². The smallest absolute Gasteiger partial charge is 0.438 e. The maximum atomic E-state index is 13.8. The van der Waals surface area contributed by atoms with Gasteiger partial charge in [0.25, 0.3) is 5.91 Å². The highest BCUT2D eigenvalue weighted by atomic mass is 35.5. The summed E-state index contributed by atoms with van der Waals surface area (Å²) >= 11 is 5.85. The van der Waals surface area contributed by atoms with Crippen LogP contribution in [0.4, 0.5) is 18.9 Å². The van der Waals surface area contributed by atoms with Crippen molar-refractivity contribution >= 4 is 29.2 Å². The number of hydrazine groups is 1. The van der Waals surface area contributed by atoms with Gasteiger partial charge in [-0.15, -0.1) is 0 Å². The lowest BCUT2D eigenvalue weighted by atomic mass is 10.1. The van der Waals surface area contributed by atoms with Crippen LogP contribution in [0.3, 0.4) is 0 Å². The number of hydrogen-bond acceptors (Lipinski definition) is 5. The molecule has 1 atom stereocenters. The van der Waals surface area contributed by atoms with Crippen LogP contribution in [-0.2, 0) is 9.53 Å². The molecule has 27 heavy (non-hydrogen) atoms. The molecule has 0 saturated carbocycles. The Hall–Kier alpha value is -2.78. The normalized spacial score (nSPS) is 13.4. The second-order valence-electron chi connectivity index (χ2n) is 5.29. The fraction of sp³-hybridized carbons (Fsp3) is 0.176. The molecule has 0 aliphatic carbocycles. The summed E-state index contributed by atoms with van der Waals surface area (Å²) in [6.07, 6.45) is -5.25. The van der Waals surface area contributed by atoms with E-state index < -0.39 is 23.7 Å². The number of halogens is 4. The van der Waals surface area contributed by atoms with E-state index in [1.165, 1.54) is 36.4 Å². The van der Waals surface area contributed by atoms with Crippen LogP contribution in [0.15, 0.2) is 54.6 Å². The molecule has 0 aliphatic heterocycles. The summed E-state index contributed by atoms with van der Waals surface area (Å²) in [5.41, 5.74) is 0.521. The second-order valence-corrected chi connectivity index (χ2v) is 5.70. The van der Waals surface area contributed by atoms with Gasteiger partial charge in [-0.25, -0.2) is 4.79 Å². The highest BCUT2D eigenvalue weighted by Crippen LogP contribution is 2.30. The molecule has 0 aliphatic rings. The van der Waals surface area contributed by atoms with E-state index in [1.54, 1.807) is 23.5 Å². The molecule has 0 bridgehead atoms. The third kappa shape index (κ3) is 4.50. The van der Waals surface area contributed by atoms with Crippen LogP contribution in [0.2, 0.25) is 5.02 Å². The van der Waals surface area contributed by atoms with Gasteiger partial charge in [0.15, 0.2) is 0 Å². The molecule has 10 heteroatoms. The number of rotatable bonds is 6. The molecule has 0 saturated heterocycles. The lowest BCUT2D eigenvalue weighted by Gasteiger charge is -2.34. The Labute approximate surface area is 157 Å². The fourth-order valence-electron chi connectivity index (χ4n) is 2.11. The van der Waals surface area contributed by atoms with Crippen LogP contribution in [0.25, 0.3) is 0 Å². The lowest BCUT2D eigenvalue weighted by molar-refractivity contribution is -0.215. The summed E-state index contributed by atoms with van der Waals surface area (Å²) in [6, 6.07) is 13.2. The van der Waals surface area contributed by atoms with Crippen molar-refractivity contribution < 1.29 is 27.5 Å². The number of benzene rings is 2. The predicted molar refractivity (Wildman–Crippen MR) is 92.9 cm³/mol. The molecule has 0 unspecified atom stereocenters. The topological polar surface area (TPSA) is 79.5 Å². The summed E-state index contributed by atoms with van der Waals surface area (Å²) in [5, 5.41) is 1.58. The van der Waals surface area contributed by atoms with Crippen molar-refractivity contribution in [2.45, 2.75) is 11.8 Å². The molecule has 144 valence electrons. The first-order chi connectivity index (χ1) is 12.7. The van der Waals surface area contributed by atoms with Crippen LogP contribution >= 0.6 is 11.6 Å².